The highest BCUT2D eigenvalue weighted by Gasteiger charge is 2.24. The zero-order valence-corrected chi connectivity index (χ0v) is 13.8. The lowest BCUT2D eigenvalue weighted by Crippen LogP contribution is -2.28. The number of para-hydroxylation sites is 2. The van der Waals surface area contributed by atoms with Gasteiger partial charge in [-0.25, -0.2) is 8.42 Å². The molecule has 0 saturated carbocycles. The number of rotatable bonds is 5. The summed E-state index contributed by atoms with van der Waals surface area (Å²) in [6.07, 6.45) is 0. The van der Waals surface area contributed by atoms with Gasteiger partial charge < -0.3 is 14.6 Å². The van der Waals surface area contributed by atoms with Gasteiger partial charge >= 0.3 is 0 Å². The molecule has 0 aromatic heterocycles. The number of ether oxygens (including phenoxy) is 1. The van der Waals surface area contributed by atoms with Crippen molar-refractivity contribution < 1.29 is 23.1 Å². The normalized spacial score (nSPS) is 11.1. The quantitative estimate of drug-likeness (QED) is 0.820. The molecule has 7 heteroatoms. The summed E-state index contributed by atoms with van der Waals surface area (Å²) in [6, 6.07) is 10.6. The number of hydrogen-bond donors (Lipinski definition) is 0. The molecule has 0 bridgehead atoms. The van der Waals surface area contributed by atoms with Crippen LogP contribution in [-0.2, 0) is 10.0 Å². The van der Waals surface area contributed by atoms with Crippen LogP contribution in [0, 0.1) is 6.92 Å². The largest absolute Gasteiger partial charge is 0.545 e. The van der Waals surface area contributed by atoms with Gasteiger partial charge in [0.05, 0.1) is 23.7 Å². The van der Waals surface area contributed by atoms with Crippen LogP contribution in [0.1, 0.15) is 15.9 Å². The van der Waals surface area contributed by atoms with E-state index in [1.165, 1.54) is 26.3 Å². The minimum atomic E-state index is -3.94. The van der Waals surface area contributed by atoms with Crippen LogP contribution in [0.5, 0.6) is 5.75 Å². The van der Waals surface area contributed by atoms with Gasteiger partial charge in [-0.15, -0.1) is 0 Å². The molecule has 0 aliphatic rings. The van der Waals surface area contributed by atoms with E-state index in [4.69, 9.17) is 4.74 Å². The number of carboxylic acids is 1. The summed E-state index contributed by atoms with van der Waals surface area (Å²) in [4.78, 5) is 11.0. The molecule has 122 valence electrons. The smallest absolute Gasteiger partial charge is 0.264 e. The lowest BCUT2D eigenvalue weighted by atomic mass is 10.1. The van der Waals surface area contributed by atoms with Gasteiger partial charge in [-0.2, -0.15) is 0 Å². The van der Waals surface area contributed by atoms with E-state index in [2.05, 4.69) is 0 Å². The highest BCUT2D eigenvalue weighted by Crippen LogP contribution is 2.31. The van der Waals surface area contributed by atoms with Crippen molar-refractivity contribution in [3.05, 3.63) is 53.6 Å². The number of nitrogens with zero attached hydrogens (tertiary/aromatic N) is 1. The van der Waals surface area contributed by atoms with Gasteiger partial charge in [-0.1, -0.05) is 18.2 Å². The van der Waals surface area contributed by atoms with Crippen LogP contribution in [0.4, 0.5) is 5.69 Å². The minimum absolute atomic E-state index is 0.129. The number of carboxylic acid groups (broad SMARTS) is 1. The van der Waals surface area contributed by atoms with E-state index in [0.29, 0.717) is 17.0 Å². The second-order valence-electron chi connectivity index (χ2n) is 4.91. The van der Waals surface area contributed by atoms with E-state index in [0.717, 1.165) is 10.4 Å². The second-order valence-corrected chi connectivity index (χ2v) is 6.88. The fourth-order valence-electron chi connectivity index (χ4n) is 2.16. The average molecular weight is 334 g/mol. The third-order valence-corrected chi connectivity index (χ3v) is 5.28. The molecule has 2 aromatic rings. The van der Waals surface area contributed by atoms with Crippen molar-refractivity contribution in [2.45, 2.75) is 11.8 Å². The van der Waals surface area contributed by atoms with Gasteiger partial charge in [0.15, 0.2) is 0 Å². The number of hydrogen-bond acceptors (Lipinski definition) is 5. The number of anilines is 1. The maximum atomic E-state index is 12.7. The van der Waals surface area contributed by atoms with Crippen LogP contribution in [0.15, 0.2) is 47.4 Å². The molecule has 0 spiro atoms. The molecule has 0 N–H and O–H groups in total. The fraction of sp³-hybridized carbons (Fsp3) is 0.188. The first kappa shape index (κ1) is 16.8. The van der Waals surface area contributed by atoms with Crippen LogP contribution >= 0.6 is 0 Å². The fourth-order valence-corrected chi connectivity index (χ4v) is 3.39. The summed E-state index contributed by atoms with van der Waals surface area (Å²) < 4.78 is 31.7. The van der Waals surface area contributed by atoms with Crippen molar-refractivity contribution in [2.24, 2.45) is 0 Å². The molecule has 0 fully saturated rings. The molecule has 0 unspecified atom stereocenters. The molecule has 23 heavy (non-hydrogen) atoms. The van der Waals surface area contributed by atoms with Gasteiger partial charge in [0, 0.05) is 12.6 Å². The number of aryl methyl sites for hydroxylation is 1. The van der Waals surface area contributed by atoms with Crippen molar-refractivity contribution in [1.82, 2.24) is 0 Å². The topological polar surface area (TPSA) is 86.7 Å². The van der Waals surface area contributed by atoms with Crippen molar-refractivity contribution in [2.75, 3.05) is 18.5 Å². The molecule has 0 atom stereocenters. The summed E-state index contributed by atoms with van der Waals surface area (Å²) in [7, 11) is -1.11. The number of aromatic carboxylic acids is 1. The Morgan fingerprint density at radius 1 is 1.17 bits per heavy atom. The number of sulfonamides is 1. The maximum Gasteiger partial charge on any atom is 0.264 e. The molecular formula is C16H16NO5S-. The van der Waals surface area contributed by atoms with Crippen molar-refractivity contribution in [3.8, 4) is 5.75 Å². The zero-order valence-electron chi connectivity index (χ0n) is 12.9. The van der Waals surface area contributed by atoms with Crippen LogP contribution in [-0.4, -0.2) is 28.5 Å². The lowest BCUT2D eigenvalue weighted by molar-refractivity contribution is -0.255. The van der Waals surface area contributed by atoms with E-state index < -0.39 is 16.0 Å². The maximum absolute atomic E-state index is 12.7. The Balaban J connectivity index is 2.54. The van der Waals surface area contributed by atoms with Crippen molar-refractivity contribution >= 4 is 21.7 Å². The monoisotopic (exact) mass is 334 g/mol. The molecule has 0 heterocycles. The summed E-state index contributed by atoms with van der Waals surface area (Å²) in [6.45, 7) is 1.57. The predicted octanol–water partition coefficient (Wildman–Crippen LogP) is 1.19. The molecule has 0 aliphatic heterocycles. The summed E-state index contributed by atoms with van der Waals surface area (Å²) in [5.41, 5.74) is 0.633. The first-order valence-corrected chi connectivity index (χ1v) is 8.17. The number of methoxy groups -OCH3 is 1. The Morgan fingerprint density at radius 2 is 1.83 bits per heavy atom. The van der Waals surface area contributed by atoms with E-state index in [9.17, 15) is 18.3 Å². The minimum Gasteiger partial charge on any atom is -0.545 e. The SMILES string of the molecule is COc1ccccc1N(C)S(=O)(=O)c1ccc(C)c(C(=O)[O-])c1. The molecule has 6 nitrogen and oxygen atoms in total. The third kappa shape index (κ3) is 3.14. The summed E-state index contributed by atoms with van der Waals surface area (Å²) in [5.74, 6) is -1.02. The first-order valence-electron chi connectivity index (χ1n) is 6.73. The highest BCUT2D eigenvalue weighted by atomic mass is 32.2. The zero-order chi connectivity index (χ0) is 17.2. The molecule has 0 saturated heterocycles. The summed E-state index contributed by atoms with van der Waals surface area (Å²) in [5, 5.41) is 11.1. The Morgan fingerprint density at radius 3 is 2.43 bits per heavy atom. The van der Waals surface area contributed by atoms with Crippen molar-refractivity contribution in [3.63, 3.8) is 0 Å². The number of benzene rings is 2. The number of carbonyl (C=O) groups excluding carboxylic acids is 1. The molecule has 2 aromatic carbocycles. The lowest BCUT2D eigenvalue weighted by Gasteiger charge is -2.22. The van der Waals surface area contributed by atoms with Gasteiger partial charge in [0.25, 0.3) is 10.0 Å². The third-order valence-electron chi connectivity index (χ3n) is 3.51. The Labute approximate surface area is 135 Å². The Kier molecular flexibility index (Phi) is 4.60. The van der Waals surface area contributed by atoms with E-state index in [1.807, 2.05) is 0 Å². The first-order chi connectivity index (χ1) is 10.8. The highest BCUT2D eigenvalue weighted by molar-refractivity contribution is 7.92. The molecular weight excluding hydrogens is 318 g/mol. The Hall–Kier alpha value is -2.54. The van der Waals surface area contributed by atoms with Crippen LogP contribution < -0.4 is 14.1 Å². The van der Waals surface area contributed by atoms with Gasteiger partial charge in [0.1, 0.15) is 5.75 Å². The van der Waals surface area contributed by atoms with Crippen LogP contribution in [0.25, 0.3) is 0 Å². The molecule has 0 aliphatic carbocycles. The summed E-state index contributed by atoms with van der Waals surface area (Å²) >= 11 is 0. The molecule has 2 rings (SSSR count). The standard InChI is InChI=1S/C16H17NO5S/c1-11-8-9-12(10-13(11)16(18)19)23(20,21)17(2)14-6-4-5-7-15(14)22-3/h4-10H,1-3H3,(H,18,19)/p-1. The van der Waals surface area contributed by atoms with Gasteiger partial charge in [-0.05, 0) is 36.8 Å². The molecule has 0 amide bonds. The van der Waals surface area contributed by atoms with Crippen molar-refractivity contribution in [1.29, 1.82) is 0 Å². The second kappa shape index (κ2) is 6.29. The van der Waals surface area contributed by atoms with E-state index in [1.54, 1.807) is 31.2 Å². The van der Waals surface area contributed by atoms with Gasteiger partial charge in [0.2, 0.25) is 0 Å². The number of carbonyl (C=O) groups is 1. The van der Waals surface area contributed by atoms with Crippen LogP contribution in [0.3, 0.4) is 0 Å². The predicted molar refractivity (Wildman–Crippen MR) is 84.1 cm³/mol. The van der Waals surface area contributed by atoms with Gasteiger partial charge in [-0.3, -0.25) is 4.31 Å². The Bertz CT molecular complexity index is 845. The van der Waals surface area contributed by atoms with E-state index >= 15 is 0 Å². The molecule has 0 radical (unpaired) electrons. The van der Waals surface area contributed by atoms with Crippen LogP contribution in [0.2, 0.25) is 0 Å². The average Bonchev–Trinajstić information content (AvgIpc) is 2.53. The van der Waals surface area contributed by atoms with E-state index in [-0.39, 0.29) is 10.5 Å².